The summed E-state index contributed by atoms with van der Waals surface area (Å²) in [7, 11) is 0. The van der Waals surface area contributed by atoms with Crippen molar-refractivity contribution in [1.29, 1.82) is 0 Å². The number of hydrogen-bond acceptors (Lipinski definition) is 3. The summed E-state index contributed by atoms with van der Waals surface area (Å²) in [6, 6.07) is 7.62. The van der Waals surface area contributed by atoms with Crippen molar-refractivity contribution in [2.24, 2.45) is 0 Å². The van der Waals surface area contributed by atoms with Crippen LogP contribution < -0.4 is 10.6 Å². The molecule has 5 heteroatoms. The van der Waals surface area contributed by atoms with Crippen molar-refractivity contribution < 1.29 is 14.6 Å². The van der Waals surface area contributed by atoms with Gasteiger partial charge in [0.05, 0.1) is 19.3 Å². The second-order valence-electron chi connectivity index (χ2n) is 6.39. The Kier molecular flexibility index (Phi) is 8.63. The molecule has 134 valence electrons. The van der Waals surface area contributed by atoms with E-state index in [9.17, 15) is 4.79 Å². The molecule has 1 fully saturated rings. The van der Waals surface area contributed by atoms with Crippen LogP contribution in [0.15, 0.2) is 24.3 Å². The number of rotatable bonds is 8. The predicted octanol–water partition coefficient (Wildman–Crippen LogP) is 2.76. The Morgan fingerprint density at radius 2 is 1.62 bits per heavy atom. The van der Waals surface area contributed by atoms with E-state index in [-0.39, 0.29) is 12.6 Å². The zero-order valence-corrected chi connectivity index (χ0v) is 14.4. The molecule has 1 aromatic rings. The summed E-state index contributed by atoms with van der Waals surface area (Å²) in [4.78, 5) is 11.7. The Morgan fingerprint density at radius 1 is 1.00 bits per heavy atom. The summed E-state index contributed by atoms with van der Waals surface area (Å²) in [5.74, 6) is 0. The lowest BCUT2D eigenvalue weighted by Gasteiger charge is -2.15. The highest BCUT2D eigenvalue weighted by Crippen LogP contribution is 2.19. The summed E-state index contributed by atoms with van der Waals surface area (Å²) in [6.45, 7) is 1.78. The van der Waals surface area contributed by atoms with Crippen LogP contribution in [0.2, 0.25) is 0 Å². The van der Waals surface area contributed by atoms with E-state index in [2.05, 4.69) is 10.6 Å². The quantitative estimate of drug-likeness (QED) is 0.506. The number of amides is 2. The van der Waals surface area contributed by atoms with Crippen LogP contribution in [0.25, 0.3) is 0 Å². The van der Waals surface area contributed by atoms with E-state index in [0.717, 1.165) is 30.4 Å². The fourth-order valence-corrected chi connectivity index (χ4v) is 2.99. The van der Waals surface area contributed by atoms with Gasteiger partial charge in [0.25, 0.3) is 0 Å². The van der Waals surface area contributed by atoms with Gasteiger partial charge in [0.15, 0.2) is 0 Å². The minimum absolute atomic E-state index is 0.0594. The van der Waals surface area contributed by atoms with Gasteiger partial charge < -0.3 is 20.5 Å². The van der Waals surface area contributed by atoms with Crippen molar-refractivity contribution in [3.8, 4) is 0 Å². The van der Waals surface area contributed by atoms with Gasteiger partial charge in [-0.1, -0.05) is 49.9 Å². The highest BCUT2D eigenvalue weighted by Gasteiger charge is 2.12. The fourth-order valence-electron chi connectivity index (χ4n) is 2.99. The molecular weight excluding hydrogens is 304 g/mol. The summed E-state index contributed by atoms with van der Waals surface area (Å²) in [5.41, 5.74) is 2.04. The number of ether oxygens (including phenoxy) is 1. The van der Waals surface area contributed by atoms with Crippen LogP contribution in [0.1, 0.15) is 49.7 Å². The lowest BCUT2D eigenvalue weighted by Crippen LogP contribution is -2.38. The molecule has 24 heavy (non-hydrogen) atoms. The average molecular weight is 334 g/mol. The van der Waals surface area contributed by atoms with E-state index in [1.807, 2.05) is 24.3 Å². The van der Waals surface area contributed by atoms with E-state index in [4.69, 9.17) is 9.84 Å². The van der Waals surface area contributed by atoms with Gasteiger partial charge in [0.2, 0.25) is 0 Å². The number of nitrogens with one attached hydrogen (secondary N) is 2. The molecular formula is C19H30N2O3. The number of aliphatic hydroxyl groups is 1. The number of urea groups is 1. The van der Waals surface area contributed by atoms with Gasteiger partial charge in [-0.3, -0.25) is 0 Å². The Labute approximate surface area is 144 Å². The Bertz CT molecular complexity index is 468. The Hall–Kier alpha value is -1.59. The molecule has 1 aliphatic carbocycles. The molecule has 1 aliphatic rings. The molecule has 0 heterocycles. The zero-order valence-electron chi connectivity index (χ0n) is 14.4. The lowest BCUT2D eigenvalue weighted by atomic mass is 10.1. The van der Waals surface area contributed by atoms with Gasteiger partial charge in [-0.15, -0.1) is 0 Å². The van der Waals surface area contributed by atoms with Crippen LogP contribution in [-0.2, 0) is 17.8 Å². The van der Waals surface area contributed by atoms with Gasteiger partial charge >= 0.3 is 6.03 Å². The normalized spacial score (nSPS) is 15.7. The zero-order chi connectivity index (χ0) is 17.0. The molecule has 0 spiro atoms. The van der Waals surface area contributed by atoms with Crippen molar-refractivity contribution in [3.63, 3.8) is 0 Å². The molecule has 0 aliphatic heterocycles. The van der Waals surface area contributed by atoms with Crippen molar-refractivity contribution >= 4 is 6.03 Å². The fraction of sp³-hybridized carbons (Fsp3) is 0.632. The molecule has 0 atom stereocenters. The van der Waals surface area contributed by atoms with Crippen LogP contribution in [0.3, 0.4) is 0 Å². The third-order valence-corrected chi connectivity index (χ3v) is 4.45. The monoisotopic (exact) mass is 334 g/mol. The number of carbonyl (C=O) groups is 1. The largest absolute Gasteiger partial charge is 0.392 e. The third-order valence-electron chi connectivity index (χ3n) is 4.45. The molecule has 1 aromatic carbocycles. The highest BCUT2D eigenvalue weighted by atomic mass is 16.5. The van der Waals surface area contributed by atoms with Gasteiger partial charge in [-0.05, 0) is 30.4 Å². The van der Waals surface area contributed by atoms with Crippen molar-refractivity contribution in [2.75, 3.05) is 19.7 Å². The minimum Gasteiger partial charge on any atom is -0.392 e. The van der Waals surface area contributed by atoms with Crippen LogP contribution in [0.5, 0.6) is 0 Å². The SMILES string of the molecule is O=C(NCCOC1CCCCCC1)NCCc1ccc(CO)cc1. The molecule has 0 aromatic heterocycles. The first kappa shape index (κ1) is 18.7. The maximum Gasteiger partial charge on any atom is 0.314 e. The van der Waals surface area contributed by atoms with Gasteiger partial charge in [0, 0.05) is 13.1 Å². The highest BCUT2D eigenvalue weighted by molar-refractivity contribution is 5.73. The molecule has 2 rings (SSSR count). The standard InChI is InChI=1S/C19H30N2O3/c22-15-17-9-7-16(8-10-17)11-12-20-19(23)21-13-14-24-18-5-3-1-2-4-6-18/h7-10,18,22H,1-6,11-15H2,(H2,20,21,23). The Balaban J connectivity index is 1.51. The van der Waals surface area contributed by atoms with E-state index < -0.39 is 0 Å². The van der Waals surface area contributed by atoms with Crippen LogP contribution >= 0.6 is 0 Å². The van der Waals surface area contributed by atoms with Crippen molar-refractivity contribution in [3.05, 3.63) is 35.4 Å². The first-order valence-electron chi connectivity index (χ1n) is 9.10. The van der Waals surface area contributed by atoms with Gasteiger partial charge in [-0.25, -0.2) is 4.79 Å². The summed E-state index contributed by atoms with van der Waals surface area (Å²) >= 11 is 0. The molecule has 3 N–H and O–H groups in total. The first-order chi connectivity index (χ1) is 11.8. The third kappa shape index (κ3) is 7.32. The average Bonchev–Trinajstić information content (AvgIpc) is 2.88. The topological polar surface area (TPSA) is 70.6 Å². The maximum absolute atomic E-state index is 11.7. The summed E-state index contributed by atoms with van der Waals surface area (Å²) in [5, 5.41) is 14.7. The maximum atomic E-state index is 11.7. The van der Waals surface area contributed by atoms with E-state index in [1.165, 1.54) is 25.7 Å². The lowest BCUT2D eigenvalue weighted by molar-refractivity contribution is 0.0460. The van der Waals surface area contributed by atoms with Crippen LogP contribution in [-0.4, -0.2) is 36.9 Å². The molecule has 2 amide bonds. The Morgan fingerprint density at radius 3 is 2.29 bits per heavy atom. The van der Waals surface area contributed by atoms with E-state index >= 15 is 0 Å². The molecule has 0 bridgehead atoms. The van der Waals surface area contributed by atoms with E-state index in [0.29, 0.717) is 25.8 Å². The van der Waals surface area contributed by atoms with Crippen molar-refractivity contribution in [1.82, 2.24) is 10.6 Å². The molecule has 5 nitrogen and oxygen atoms in total. The molecule has 0 unspecified atom stereocenters. The summed E-state index contributed by atoms with van der Waals surface area (Å²) in [6.07, 6.45) is 8.63. The number of carbonyl (C=O) groups excluding carboxylic acids is 1. The molecule has 0 saturated heterocycles. The minimum atomic E-state index is -0.147. The van der Waals surface area contributed by atoms with E-state index in [1.54, 1.807) is 0 Å². The van der Waals surface area contributed by atoms with Crippen LogP contribution in [0.4, 0.5) is 4.79 Å². The number of aliphatic hydroxyl groups excluding tert-OH is 1. The summed E-state index contributed by atoms with van der Waals surface area (Å²) < 4.78 is 5.85. The smallest absolute Gasteiger partial charge is 0.314 e. The second kappa shape index (κ2) is 11.0. The number of benzene rings is 1. The molecule has 0 radical (unpaired) electrons. The second-order valence-corrected chi connectivity index (χ2v) is 6.39. The van der Waals surface area contributed by atoms with Crippen molar-refractivity contribution in [2.45, 2.75) is 57.7 Å². The predicted molar refractivity (Wildman–Crippen MR) is 94.9 cm³/mol. The first-order valence-corrected chi connectivity index (χ1v) is 9.10. The number of hydrogen-bond donors (Lipinski definition) is 3. The molecule has 1 saturated carbocycles. The van der Waals surface area contributed by atoms with Gasteiger partial charge in [0.1, 0.15) is 0 Å². The van der Waals surface area contributed by atoms with Crippen LogP contribution in [0, 0.1) is 0 Å². The van der Waals surface area contributed by atoms with Gasteiger partial charge in [-0.2, -0.15) is 0 Å².